The van der Waals surface area contributed by atoms with Crippen LogP contribution in [0.25, 0.3) is 66.1 Å². The van der Waals surface area contributed by atoms with Gasteiger partial charge in [-0.3, -0.25) is 0 Å². The van der Waals surface area contributed by atoms with Crippen molar-refractivity contribution < 1.29 is 0 Å². The lowest BCUT2D eigenvalue weighted by molar-refractivity contribution is 1.21. The van der Waals surface area contributed by atoms with Gasteiger partial charge in [0.25, 0.3) is 0 Å². The van der Waals surface area contributed by atoms with Crippen molar-refractivity contribution in [2.75, 3.05) is 33.7 Å². The molecular formula is C83H63N5. The zero-order chi connectivity index (χ0) is 59.6. The van der Waals surface area contributed by atoms with E-state index in [4.69, 9.17) is 0 Å². The van der Waals surface area contributed by atoms with Gasteiger partial charge in [0, 0.05) is 71.0 Å². The van der Waals surface area contributed by atoms with Gasteiger partial charge in [-0.1, -0.05) is 218 Å². The van der Waals surface area contributed by atoms with Crippen molar-refractivity contribution in [2.24, 2.45) is 0 Å². The van der Waals surface area contributed by atoms with Crippen LogP contribution in [0.15, 0.2) is 346 Å². The van der Waals surface area contributed by atoms with E-state index in [9.17, 15) is 5.26 Å². The first kappa shape index (κ1) is 55.5. The van der Waals surface area contributed by atoms with Crippen molar-refractivity contribution >= 4 is 78.4 Å². The quantitative estimate of drug-likeness (QED) is 0.108. The van der Waals surface area contributed by atoms with Crippen LogP contribution >= 0.6 is 0 Å². The molecule has 14 aromatic rings. The fourth-order valence-electron chi connectivity index (χ4n) is 11.5. The van der Waals surface area contributed by atoms with Crippen LogP contribution in [-0.4, -0.2) is 14.1 Å². The Morgan fingerprint density at radius 2 is 0.489 bits per heavy atom. The number of benzene rings is 14. The monoisotopic (exact) mass is 1130 g/mol. The maximum atomic E-state index is 9.28. The van der Waals surface area contributed by atoms with Gasteiger partial charge in [0.1, 0.15) is 0 Å². The maximum Gasteiger partial charge on any atom is 0.0992 e. The third-order valence-electron chi connectivity index (χ3n) is 16.4. The van der Waals surface area contributed by atoms with E-state index in [1.807, 2.05) is 43.4 Å². The molecule has 14 aromatic carbocycles. The molecule has 0 unspecified atom stereocenters. The molecule has 0 bridgehead atoms. The van der Waals surface area contributed by atoms with E-state index in [0.717, 1.165) is 62.3 Å². The Hall–Kier alpha value is -11.7. The smallest absolute Gasteiger partial charge is 0.0992 e. The van der Waals surface area contributed by atoms with E-state index < -0.39 is 0 Å². The summed E-state index contributed by atoms with van der Waals surface area (Å²) in [7, 11) is 4.13. The summed E-state index contributed by atoms with van der Waals surface area (Å²) in [5.41, 5.74) is 21.2. The number of nitriles is 1. The SMILES string of the molecule is CN(c1ccc(-c2ccc(N(c3ccc(-c4ccccc4)cc3)c3ccc4ccccc4c3)cc2)cc1)c1cccc(C#N)c1.CN(c1ccccc1)c1ccc(-c2ccc(N(c3cccc(-c4ccccc4)c3)c3ccc4ccccc4c3)cc2)cc1. The van der Waals surface area contributed by atoms with E-state index in [1.54, 1.807) is 0 Å². The molecule has 0 aromatic heterocycles. The maximum absolute atomic E-state index is 9.28. The second-order valence-corrected chi connectivity index (χ2v) is 21.9. The van der Waals surface area contributed by atoms with Crippen LogP contribution in [0.1, 0.15) is 5.56 Å². The van der Waals surface area contributed by atoms with Crippen molar-refractivity contribution in [2.45, 2.75) is 0 Å². The molecule has 0 N–H and O–H groups in total. The fourth-order valence-corrected chi connectivity index (χ4v) is 11.5. The first-order chi connectivity index (χ1) is 43.4. The van der Waals surface area contributed by atoms with Crippen LogP contribution in [0.5, 0.6) is 0 Å². The Balaban J connectivity index is 0.000000162. The third kappa shape index (κ3) is 12.3. The number of nitrogens with zero attached hydrogens (tertiary/aromatic N) is 5. The number of hydrogen-bond acceptors (Lipinski definition) is 5. The van der Waals surface area contributed by atoms with E-state index in [1.165, 1.54) is 60.6 Å². The summed E-state index contributed by atoms with van der Waals surface area (Å²) in [5.74, 6) is 0. The minimum atomic E-state index is 0.654. The molecule has 0 saturated carbocycles. The summed E-state index contributed by atoms with van der Waals surface area (Å²) in [5, 5.41) is 14.2. The standard InChI is InChI=1S/C42H31N3.C41H32N2/c1-44(41-13-7-8-31(28-41)30-43)38-21-14-35(15-22-38)36-18-25-40(26-19-36)45(42-27-20-33-11-5-6-12-37(33)29-42)39-23-16-34(17-24-39)32-9-3-2-4-10-32;1-42(37-16-6-3-7-17-37)38-24-19-33(20-25-38)34-21-26-39(27-22-34)43(41-28-23-32-13-8-9-14-35(32)30-41)40-18-10-15-36(29-40)31-11-4-2-5-12-31/h2-29H,1H3;2-30H,1H3. The Labute approximate surface area is 516 Å². The predicted molar refractivity (Wildman–Crippen MR) is 373 cm³/mol. The van der Waals surface area contributed by atoms with Crippen LogP contribution in [0.4, 0.5) is 56.9 Å². The zero-order valence-electron chi connectivity index (χ0n) is 49.1. The molecule has 0 aliphatic carbocycles. The van der Waals surface area contributed by atoms with E-state index in [2.05, 4.69) is 342 Å². The molecule has 0 aliphatic rings. The summed E-state index contributed by atoms with van der Waals surface area (Å²) in [6.45, 7) is 0. The highest BCUT2D eigenvalue weighted by molar-refractivity contribution is 5.92. The molecule has 0 amide bonds. The van der Waals surface area contributed by atoms with Crippen LogP contribution in [0.2, 0.25) is 0 Å². The lowest BCUT2D eigenvalue weighted by Gasteiger charge is -2.26. The number of rotatable bonds is 14. The molecule has 5 heteroatoms. The highest BCUT2D eigenvalue weighted by Gasteiger charge is 2.17. The molecule has 0 heterocycles. The normalized spacial score (nSPS) is 10.8. The second-order valence-electron chi connectivity index (χ2n) is 21.9. The van der Waals surface area contributed by atoms with E-state index in [-0.39, 0.29) is 0 Å². The minimum absolute atomic E-state index is 0.654. The van der Waals surface area contributed by atoms with Gasteiger partial charge in [-0.25, -0.2) is 0 Å². The second kappa shape index (κ2) is 25.6. The van der Waals surface area contributed by atoms with Gasteiger partial charge in [-0.05, 0) is 193 Å². The van der Waals surface area contributed by atoms with E-state index in [0.29, 0.717) is 5.56 Å². The van der Waals surface area contributed by atoms with Crippen molar-refractivity contribution in [3.8, 4) is 50.6 Å². The molecule has 0 spiro atoms. The lowest BCUT2D eigenvalue weighted by atomic mass is 10.0. The Morgan fingerprint density at radius 3 is 0.932 bits per heavy atom. The molecule has 0 saturated heterocycles. The summed E-state index contributed by atoms with van der Waals surface area (Å²) in [4.78, 5) is 8.97. The van der Waals surface area contributed by atoms with Gasteiger partial charge >= 0.3 is 0 Å². The molecule has 5 nitrogen and oxygen atoms in total. The van der Waals surface area contributed by atoms with Gasteiger partial charge < -0.3 is 19.6 Å². The van der Waals surface area contributed by atoms with Crippen LogP contribution in [0, 0.1) is 11.3 Å². The highest BCUT2D eigenvalue weighted by Crippen LogP contribution is 2.41. The first-order valence-corrected chi connectivity index (χ1v) is 29.7. The summed E-state index contributed by atoms with van der Waals surface area (Å²) in [6, 6.07) is 124. The molecular weight excluding hydrogens is 1070 g/mol. The van der Waals surface area contributed by atoms with Gasteiger partial charge in [0.15, 0.2) is 0 Å². The average Bonchev–Trinajstić information content (AvgIpc) is 3.22. The van der Waals surface area contributed by atoms with Crippen molar-refractivity contribution in [1.29, 1.82) is 5.26 Å². The minimum Gasteiger partial charge on any atom is -0.345 e. The molecule has 14 rings (SSSR count). The molecule has 0 radical (unpaired) electrons. The fraction of sp³-hybridized carbons (Fsp3) is 0.0241. The number of fused-ring (bicyclic) bond motifs is 2. The van der Waals surface area contributed by atoms with Crippen LogP contribution in [-0.2, 0) is 0 Å². The summed E-state index contributed by atoms with van der Waals surface area (Å²) < 4.78 is 0. The van der Waals surface area contributed by atoms with Crippen molar-refractivity contribution in [3.05, 3.63) is 351 Å². The average molecular weight is 1130 g/mol. The van der Waals surface area contributed by atoms with Crippen LogP contribution in [0.3, 0.4) is 0 Å². The largest absolute Gasteiger partial charge is 0.345 e. The number of para-hydroxylation sites is 1. The highest BCUT2D eigenvalue weighted by atomic mass is 15.1. The van der Waals surface area contributed by atoms with Gasteiger partial charge in [-0.15, -0.1) is 0 Å². The Kier molecular flexibility index (Phi) is 16.2. The molecule has 88 heavy (non-hydrogen) atoms. The topological polar surface area (TPSA) is 36.8 Å². The number of hydrogen-bond donors (Lipinski definition) is 0. The first-order valence-electron chi connectivity index (χ1n) is 29.7. The van der Waals surface area contributed by atoms with E-state index >= 15 is 0 Å². The third-order valence-corrected chi connectivity index (χ3v) is 16.4. The molecule has 0 aliphatic heterocycles. The molecule has 420 valence electrons. The van der Waals surface area contributed by atoms with Crippen molar-refractivity contribution in [3.63, 3.8) is 0 Å². The van der Waals surface area contributed by atoms with Crippen LogP contribution < -0.4 is 19.6 Å². The zero-order valence-corrected chi connectivity index (χ0v) is 49.1. The van der Waals surface area contributed by atoms with Gasteiger partial charge in [0.2, 0.25) is 0 Å². The Morgan fingerprint density at radius 1 is 0.205 bits per heavy atom. The van der Waals surface area contributed by atoms with Crippen molar-refractivity contribution in [1.82, 2.24) is 0 Å². The Bertz CT molecular complexity index is 4680. The predicted octanol–water partition coefficient (Wildman–Crippen LogP) is 22.7. The lowest BCUT2D eigenvalue weighted by Crippen LogP contribution is -2.10. The van der Waals surface area contributed by atoms with Gasteiger partial charge in [0.05, 0.1) is 11.6 Å². The summed E-state index contributed by atoms with van der Waals surface area (Å²) >= 11 is 0. The molecule has 0 fully saturated rings. The molecule has 0 atom stereocenters. The van der Waals surface area contributed by atoms with Gasteiger partial charge in [-0.2, -0.15) is 5.26 Å². The summed E-state index contributed by atoms with van der Waals surface area (Å²) in [6.07, 6.45) is 0. The number of anilines is 10.